The summed E-state index contributed by atoms with van der Waals surface area (Å²) in [6.45, 7) is 11.7. The molecule has 200 valence electrons. The summed E-state index contributed by atoms with van der Waals surface area (Å²) in [7, 11) is 0. The Morgan fingerprint density at radius 1 is 0.947 bits per heavy atom. The largest absolute Gasteiger partial charge is 0.327 e. The van der Waals surface area contributed by atoms with Crippen molar-refractivity contribution >= 4 is 23.8 Å². The summed E-state index contributed by atoms with van der Waals surface area (Å²) in [5.74, 6) is 2.74. The number of hydrogen-bond acceptors (Lipinski definition) is 5. The van der Waals surface area contributed by atoms with Gasteiger partial charge in [0.2, 0.25) is 0 Å². The molecule has 4 heterocycles. The second-order valence-electron chi connectivity index (χ2n) is 10.3. The van der Waals surface area contributed by atoms with Gasteiger partial charge in [-0.05, 0) is 81.8 Å². The van der Waals surface area contributed by atoms with Gasteiger partial charge in [-0.1, -0.05) is 63.1 Å². The van der Waals surface area contributed by atoms with E-state index in [2.05, 4.69) is 75.8 Å². The summed E-state index contributed by atoms with van der Waals surface area (Å²) in [5, 5.41) is 0. The number of piperidine rings is 1. The number of benzene rings is 2. The molecule has 1 fully saturated rings. The minimum absolute atomic E-state index is 0.0350. The number of hydrogen-bond donors (Lipinski definition) is 1. The molecule has 0 aliphatic carbocycles. The molecule has 0 amide bonds. The Bertz CT molecular complexity index is 1480. The number of rotatable bonds is 4. The topological polar surface area (TPSA) is 56.0 Å². The number of fused-ring (bicyclic) bond motifs is 4. The van der Waals surface area contributed by atoms with Gasteiger partial charge in [0.25, 0.3) is 5.56 Å². The lowest BCUT2D eigenvalue weighted by atomic mass is 9.78. The number of nitrogens with zero attached hydrogens (tertiary/aromatic N) is 5. The molecular weight excluding hydrogens is 490 g/mol. The maximum atomic E-state index is 12.7. The molecule has 0 N–H and O–H groups in total. The molecule has 2 aliphatic rings. The summed E-state index contributed by atoms with van der Waals surface area (Å²) in [6, 6.07) is 17.6. The molecule has 0 spiro atoms. The van der Waals surface area contributed by atoms with E-state index in [4.69, 9.17) is 4.98 Å². The first-order valence-electron chi connectivity index (χ1n) is 14.0. The van der Waals surface area contributed by atoms with Crippen molar-refractivity contribution in [1.29, 1.82) is 0 Å². The van der Waals surface area contributed by atoms with Gasteiger partial charge >= 0.3 is 0 Å². The highest BCUT2D eigenvalue weighted by molar-refractivity contribution is 7.78. The Labute approximate surface area is 231 Å². The molecule has 0 bridgehead atoms. The molecule has 6 rings (SSSR count). The molecule has 2 aliphatic heterocycles. The van der Waals surface area contributed by atoms with Gasteiger partial charge in [0.15, 0.2) is 0 Å². The molecule has 0 radical (unpaired) electrons. The number of imidazole rings is 1. The van der Waals surface area contributed by atoms with Crippen LogP contribution in [0.25, 0.3) is 11.0 Å². The Hall–Kier alpha value is -2.90. The predicted octanol–water partition coefficient (Wildman–Crippen LogP) is 5.57. The summed E-state index contributed by atoms with van der Waals surface area (Å²) in [5.41, 5.74) is 6.85. The average Bonchev–Trinajstić information content (AvgIpc) is 3.22. The van der Waals surface area contributed by atoms with Gasteiger partial charge in [-0.15, -0.1) is 0 Å². The van der Waals surface area contributed by atoms with E-state index in [1.54, 1.807) is 0 Å². The molecule has 38 heavy (non-hydrogen) atoms. The van der Waals surface area contributed by atoms with Crippen molar-refractivity contribution in [3.8, 4) is 0 Å². The van der Waals surface area contributed by atoms with Crippen molar-refractivity contribution in [2.45, 2.75) is 65.8 Å². The average molecular weight is 530 g/mol. The third kappa shape index (κ3) is 4.94. The number of aromatic nitrogens is 4. The SMILES string of the molecule is CC.Cc1nc(C)n(S)c(=O)c1CCN1CCC(C2c3ccccc3CCn3c2nc2ccccc23)CC1. The molecule has 0 saturated carbocycles. The third-order valence-electron chi connectivity index (χ3n) is 8.26. The van der Waals surface area contributed by atoms with E-state index in [1.807, 2.05) is 27.7 Å². The highest BCUT2D eigenvalue weighted by atomic mass is 32.1. The minimum Gasteiger partial charge on any atom is -0.327 e. The lowest BCUT2D eigenvalue weighted by Gasteiger charge is -2.36. The van der Waals surface area contributed by atoms with Crippen LogP contribution in [-0.4, -0.2) is 43.0 Å². The zero-order valence-corrected chi connectivity index (χ0v) is 23.9. The van der Waals surface area contributed by atoms with Gasteiger partial charge in [-0.3, -0.25) is 4.79 Å². The molecule has 6 nitrogen and oxygen atoms in total. The smallest absolute Gasteiger partial charge is 0.266 e. The summed E-state index contributed by atoms with van der Waals surface area (Å²) in [6.07, 6.45) is 4.02. The monoisotopic (exact) mass is 529 g/mol. The van der Waals surface area contributed by atoms with Crippen molar-refractivity contribution in [2.75, 3.05) is 19.6 Å². The van der Waals surface area contributed by atoms with E-state index in [-0.39, 0.29) is 5.56 Å². The van der Waals surface area contributed by atoms with Crippen molar-refractivity contribution < 1.29 is 0 Å². The molecule has 1 saturated heterocycles. The van der Waals surface area contributed by atoms with Crippen LogP contribution in [0.4, 0.5) is 0 Å². The quantitative estimate of drug-likeness (QED) is 0.351. The van der Waals surface area contributed by atoms with Crippen LogP contribution in [0.2, 0.25) is 0 Å². The molecule has 2 aromatic carbocycles. The summed E-state index contributed by atoms with van der Waals surface area (Å²) < 4.78 is 3.84. The van der Waals surface area contributed by atoms with Gasteiger partial charge in [0.1, 0.15) is 11.6 Å². The van der Waals surface area contributed by atoms with Gasteiger partial charge in [-0.2, -0.15) is 0 Å². The maximum absolute atomic E-state index is 12.7. The fourth-order valence-corrected chi connectivity index (χ4v) is 6.49. The molecule has 1 unspecified atom stereocenters. The second kappa shape index (κ2) is 11.5. The lowest BCUT2D eigenvalue weighted by Crippen LogP contribution is -2.38. The maximum Gasteiger partial charge on any atom is 0.266 e. The number of thiol groups is 1. The molecule has 4 aromatic rings. The third-order valence-corrected chi connectivity index (χ3v) is 8.73. The van der Waals surface area contributed by atoms with Crippen LogP contribution < -0.4 is 5.56 Å². The number of aryl methyl sites for hydroxylation is 4. The Morgan fingerprint density at radius 3 is 2.45 bits per heavy atom. The Kier molecular flexibility index (Phi) is 8.05. The van der Waals surface area contributed by atoms with Crippen molar-refractivity contribution in [3.63, 3.8) is 0 Å². The summed E-state index contributed by atoms with van der Waals surface area (Å²) in [4.78, 5) is 24.9. The van der Waals surface area contributed by atoms with Crippen LogP contribution in [0, 0.1) is 19.8 Å². The minimum atomic E-state index is -0.0350. The Balaban J connectivity index is 0.00000144. The summed E-state index contributed by atoms with van der Waals surface area (Å²) >= 11 is 4.31. The standard InChI is InChI=1S/C29H33N5OS.C2H6/c1-19-23(29(35)34(36)20(2)30-19)14-17-32-15-11-22(12-16-32)27-24-8-4-3-7-21(24)13-18-33-26-10-6-5-9-25(26)31-28(27)33;1-2/h3-10,22,27,36H,11-18H2,1-2H3;1-2H3. The van der Waals surface area contributed by atoms with Crippen molar-refractivity contribution in [1.82, 2.24) is 23.4 Å². The first-order chi connectivity index (χ1) is 18.5. The zero-order valence-electron chi connectivity index (χ0n) is 23.0. The molecule has 7 heteroatoms. The van der Waals surface area contributed by atoms with Crippen LogP contribution in [0.5, 0.6) is 0 Å². The van der Waals surface area contributed by atoms with Gasteiger partial charge in [0, 0.05) is 30.3 Å². The normalized spacial score (nSPS) is 17.9. The van der Waals surface area contributed by atoms with Crippen LogP contribution in [0.1, 0.15) is 66.6 Å². The van der Waals surface area contributed by atoms with E-state index >= 15 is 0 Å². The number of para-hydroxylation sites is 2. The van der Waals surface area contributed by atoms with Gasteiger partial charge in [-0.25, -0.2) is 13.9 Å². The van der Waals surface area contributed by atoms with E-state index < -0.39 is 0 Å². The van der Waals surface area contributed by atoms with Crippen LogP contribution in [0.3, 0.4) is 0 Å². The van der Waals surface area contributed by atoms with E-state index in [0.717, 1.165) is 62.2 Å². The van der Waals surface area contributed by atoms with Crippen LogP contribution >= 0.6 is 12.8 Å². The Morgan fingerprint density at radius 2 is 1.66 bits per heavy atom. The molecule has 2 aromatic heterocycles. The van der Waals surface area contributed by atoms with Crippen molar-refractivity contribution in [2.24, 2.45) is 5.92 Å². The second-order valence-corrected chi connectivity index (χ2v) is 10.7. The first-order valence-corrected chi connectivity index (χ1v) is 14.4. The highest BCUT2D eigenvalue weighted by Gasteiger charge is 2.35. The van der Waals surface area contributed by atoms with Crippen LogP contribution in [0.15, 0.2) is 53.3 Å². The molecule has 1 atom stereocenters. The fourth-order valence-electron chi connectivity index (χ4n) is 6.32. The zero-order chi connectivity index (χ0) is 26.8. The van der Waals surface area contributed by atoms with E-state index in [9.17, 15) is 4.79 Å². The van der Waals surface area contributed by atoms with E-state index in [1.165, 1.54) is 26.4 Å². The highest BCUT2D eigenvalue weighted by Crippen LogP contribution is 2.42. The van der Waals surface area contributed by atoms with Gasteiger partial charge in [0.05, 0.1) is 11.0 Å². The van der Waals surface area contributed by atoms with Gasteiger partial charge < -0.3 is 9.47 Å². The predicted molar refractivity (Wildman–Crippen MR) is 158 cm³/mol. The fraction of sp³-hybridized carbons (Fsp3) is 0.452. The first kappa shape index (κ1) is 26.7. The van der Waals surface area contributed by atoms with Crippen molar-refractivity contribution in [3.05, 3.63) is 92.9 Å². The lowest BCUT2D eigenvalue weighted by molar-refractivity contribution is 0.174. The van der Waals surface area contributed by atoms with Crippen LogP contribution in [-0.2, 0) is 19.4 Å². The number of likely N-dealkylation sites (tertiary alicyclic amines) is 1. The van der Waals surface area contributed by atoms with E-state index in [0.29, 0.717) is 24.1 Å². The molecular formula is C31H39N5OS.